The van der Waals surface area contributed by atoms with Crippen LogP contribution < -0.4 is 0 Å². The Kier molecular flexibility index (Phi) is 2.25. The van der Waals surface area contributed by atoms with Crippen molar-refractivity contribution in [3.05, 3.63) is 0 Å². The van der Waals surface area contributed by atoms with E-state index in [1.165, 1.54) is 0 Å². The van der Waals surface area contributed by atoms with Gasteiger partial charge in [0, 0.05) is 12.5 Å². The fourth-order valence-electron chi connectivity index (χ4n) is 1.26. The summed E-state index contributed by atoms with van der Waals surface area (Å²) >= 11 is 0. The number of hydrogen-bond acceptors (Lipinski definition) is 4. The molecule has 0 heterocycles. The van der Waals surface area contributed by atoms with Crippen molar-refractivity contribution < 1.29 is 20.4 Å². The normalized spacial score (nSPS) is 46.8. The predicted octanol–water partition coefficient (Wildman–Crippen LogP) is -1.92. The van der Waals surface area contributed by atoms with Gasteiger partial charge in [-0.1, -0.05) is 0 Å². The van der Waals surface area contributed by atoms with Crippen LogP contribution in [0.25, 0.3) is 0 Å². The molecule has 60 valence electrons. The van der Waals surface area contributed by atoms with E-state index >= 15 is 0 Å². The Bertz CT molecular complexity index is 106. The first-order valence-corrected chi connectivity index (χ1v) is 3.33. The summed E-state index contributed by atoms with van der Waals surface area (Å²) in [7, 11) is 0. The van der Waals surface area contributed by atoms with Gasteiger partial charge < -0.3 is 20.4 Å². The lowest BCUT2D eigenvalue weighted by molar-refractivity contribution is -0.195. The first-order valence-electron chi connectivity index (χ1n) is 3.33. The average Bonchev–Trinajstić information content (AvgIpc) is 1.98. The minimum Gasteiger partial charge on any atom is -0.396 e. The van der Waals surface area contributed by atoms with Crippen molar-refractivity contribution in [2.75, 3.05) is 6.61 Å². The maximum absolute atomic E-state index is 8.96. The van der Waals surface area contributed by atoms with Crippen LogP contribution in [0.1, 0.15) is 6.42 Å². The van der Waals surface area contributed by atoms with E-state index in [0.29, 0.717) is 6.42 Å². The lowest BCUT2D eigenvalue weighted by atomic mass is 9.74. The summed E-state index contributed by atoms with van der Waals surface area (Å²) in [6.45, 7) is -0.0640. The molecule has 4 nitrogen and oxygen atoms in total. The number of aliphatic hydroxyl groups is 4. The van der Waals surface area contributed by atoms with Crippen LogP contribution in [-0.2, 0) is 0 Å². The van der Waals surface area contributed by atoms with Crippen LogP contribution in [0, 0.1) is 5.92 Å². The van der Waals surface area contributed by atoms with E-state index in [2.05, 4.69) is 0 Å². The summed E-state index contributed by atoms with van der Waals surface area (Å²) in [5, 5.41) is 35.1. The smallest absolute Gasteiger partial charge is 0.106 e. The van der Waals surface area contributed by atoms with Crippen LogP contribution in [0.5, 0.6) is 0 Å². The zero-order chi connectivity index (χ0) is 7.72. The second kappa shape index (κ2) is 2.84. The largest absolute Gasteiger partial charge is 0.396 e. The minimum absolute atomic E-state index is 0.0640. The third-order valence-corrected chi connectivity index (χ3v) is 2.04. The van der Waals surface area contributed by atoms with Crippen molar-refractivity contribution in [3.63, 3.8) is 0 Å². The van der Waals surface area contributed by atoms with Gasteiger partial charge in [0.25, 0.3) is 0 Å². The molecule has 0 aromatic carbocycles. The second-order valence-electron chi connectivity index (χ2n) is 2.65. The summed E-state index contributed by atoms with van der Waals surface area (Å²) in [6.07, 6.45) is -2.39. The van der Waals surface area contributed by atoms with Gasteiger partial charge >= 0.3 is 0 Å². The van der Waals surface area contributed by atoms with Crippen LogP contribution in [0.4, 0.5) is 0 Å². The third kappa shape index (κ3) is 1.03. The molecule has 0 aliphatic heterocycles. The third-order valence-electron chi connectivity index (χ3n) is 2.04. The lowest BCUT2D eigenvalue weighted by Crippen LogP contribution is -2.59. The Morgan fingerprint density at radius 2 is 1.40 bits per heavy atom. The zero-order valence-corrected chi connectivity index (χ0v) is 5.51. The van der Waals surface area contributed by atoms with Crippen LogP contribution in [0.2, 0.25) is 0 Å². The van der Waals surface area contributed by atoms with Gasteiger partial charge in [0.1, 0.15) is 6.10 Å². The summed E-state index contributed by atoms with van der Waals surface area (Å²) in [5.41, 5.74) is 0. The van der Waals surface area contributed by atoms with Crippen LogP contribution in [-0.4, -0.2) is 45.3 Å². The number of aliphatic hydroxyl groups excluding tert-OH is 4. The standard InChI is InChI=1S/C6H12O4/c7-2-1-3-4(8)6(10)5(3)9/h3-10H,1-2H2. The van der Waals surface area contributed by atoms with E-state index in [-0.39, 0.29) is 12.5 Å². The molecular formula is C6H12O4. The van der Waals surface area contributed by atoms with Crippen molar-refractivity contribution in [1.82, 2.24) is 0 Å². The van der Waals surface area contributed by atoms with E-state index in [1.54, 1.807) is 0 Å². The molecule has 2 unspecified atom stereocenters. The monoisotopic (exact) mass is 148 g/mol. The Morgan fingerprint density at radius 1 is 0.900 bits per heavy atom. The van der Waals surface area contributed by atoms with Crippen molar-refractivity contribution in [2.24, 2.45) is 5.92 Å². The molecule has 0 spiro atoms. The fraction of sp³-hybridized carbons (Fsp3) is 1.00. The molecule has 1 fully saturated rings. The molecular weight excluding hydrogens is 136 g/mol. The van der Waals surface area contributed by atoms with Gasteiger partial charge in [0.15, 0.2) is 0 Å². The van der Waals surface area contributed by atoms with Crippen LogP contribution >= 0.6 is 0 Å². The summed E-state index contributed by atoms with van der Waals surface area (Å²) in [5.74, 6) is -0.347. The molecule has 0 aromatic rings. The summed E-state index contributed by atoms with van der Waals surface area (Å²) in [6, 6.07) is 0. The Morgan fingerprint density at radius 3 is 1.80 bits per heavy atom. The molecule has 4 heteroatoms. The first kappa shape index (κ1) is 7.94. The van der Waals surface area contributed by atoms with E-state index in [4.69, 9.17) is 20.4 Å². The fourth-order valence-corrected chi connectivity index (χ4v) is 1.26. The lowest BCUT2D eigenvalue weighted by Gasteiger charge is -2.42. The van der Waals surface area contributed by atoms with E-state index in [1.807, 2.05) is 0 Å². The molecule has 2 atom stereocenters. The maximum atomic E-state index is 8.96. The Hall–Kier alpha value is -0.160. The van der Waals surface area contributed by atoms with Gasteiger partial charge in [-0.05, 0) is 6.42 Å². The van der Waals surface area contributed by atoms with Crippen molar-refractivity contribution >= 4 is 0 Å². The van der Waals surface area contributed by atoms with E-state index in [0.717, 1.165) is 0 Å². The molecule has 4 N–H and O–H groups in total. The molecule has 0 radical (unpaired) electrons. The van der Waals surface area contributed by atoms with Gasteiger partial charge in [0.05, 0.1) is 12.2 Å². The predicted molar refractivity (Wildman–Crippen MR) is 33.2 cm³/mol. The molecule has 10 heavy (non-hydrogen) atoms. The van der Waals surface area contributed by atoms with Crippen molar-refractivity contribution in [2.45, 2.75) is 24.7 Å². The highest BCUT2D eigenvalue weighted by atomic mass is 16.4. The van der Waals surface area contributed by atoms with Crippen molar-refractivity contribution in [3.8, 4) is 0 Å². The topological polar surface area (TPSA) is 80.9 Å². The minimum atomic E-state index is -1.02. The molecule has 1 rings (SSSR count). The van der Waals surface area contributed by atoms with Gasteiger partial charge in [-0.3, -0.25) is 0 Å². The highest BCUT2D eigenvalue weighted by Crippen LogP contribution is 2.30. The van der Waals surface area contributed by atoms with E-state index < -0.39 is 18.3 Å². The molecule has 0 amide bonds. The van der Waals surface area contributed by atoms with Gasteiger partial charge in [-0.15, -0.1) is 0 Å². The zero-order valence-electron chi connectivity index (χ0n) is 5.51. The Labute approximate surface area is 58.7 Å². The van der Waals surface area contributed by atoms with Crippen LogP contribution in [0.15, 0.2) is 0 Å². The Balaban J connectivity index is 2.34. The molecule has 1 aliphatic rings. The molecule has 0 aromatic heterocycles. The highest BCUT2D eigenvalue weighted by Gasteiger charge is 2.47. The summed E-state index contributed by atoms with van der Waals surface area (Å²) in [4.78, 5) is 0. The van der Waals surface area contributed by atoms with Gasteiger partial charge in [0.2, 0.25) is 0 Å². The number of hydrogen-bond donors (Lipinski definition) is 4. The molecule has 1 saturated carbocycles. The quantitative estimate of drug-likeness (QED) is 0.368. The highest BCUT2D eigenvalue weighted by molar-refractivity contribution is 4.97. The molecule has 0 bridgehead atoms. The van der Waals surface area contributed by atoms with Gasteiger partial charge in [-0.2, -0.15) is 0 Å². The number of rotatable bonds is 2. The first-order chi connectivity index (χ1) is 4.68. The van der Waals surface area contributed by atoms with Crippen molar-refractivity contribution in [1.29, 1.82) is 0 Å². The van der Waals surface area contributed by atoms with Crippen LogP contribution in [0.3, 0.4) is 0 Å². The second-order valence-corrected chi connectivity index (χ2v) is 2.65. The average molecular weight is 148 g/mol. The molecule has 0 saturated heterocycles. The maximum Gasteiger partial charge on any atom is 0.106 e. The SMILES string of the molecule is OCCC1C(O)C(O)C1O. The van der Waals surface area contributed by atoms with Gasteiger partial charge in [-0.25, -0.2) is 0 Å². The van der Waals surface area contributed by atoms with E-state index in [9.17, 15) is 0 Å². The molecule has 1 aliphatic carbocycles. The summed E-state index contributed by atoms with van der Waals surface area (Å²) < 4.78 is 0.